The van der Waals surface area contributed by atoms with Crippen molar-refractivity contribution in [3.05, 3.63) is 65.6 Å². The summed E-state index contributed by atoms with van der Waals surface area (Å²) in [6.07, 6.45) is 1.19. The monoisotopic (exact) mass is 356 g/mol. The summed E-state index contributed by atoms with van der Waals surface area (Å²) in [6, 6.07) is 11.3. The minimum Gasteiger partial charge on any atom is -0.334 e. The Morgan fingerprint density at radius 3 is 2.35 bits per heavy atom. The van der Waals surface area contributed by atoms with Crippen molar-refractivity contribution in [3.63, 3.8) is 0 Å². The molecule has 2 heterocycles. The SMILES string of the molecule is Cc1cc(-c2ccc(C(F)(F)F)cc2)ccc1-c1cn2c(n1)CCCC2. The van der Waals surface area contributed by atoms with Crippen LogP contribution in [0.1, 0.15) is 29.8 Å². The molecule has 0 saturated carbocycles. The molecule has 3 aromatic rings. The normalized spacial score (nSPS) is 14.3. The molecule has 0 N–H and O–H groups in total. The summed E-state index contributed by atoms with van der Waals surface area (Å²) in [6.45, 7) is 3.03. The number of aromatic nitrogens is 2. The lowest BCUT2D eigenvalue weighted by Gasteiger charge is -2.11. The molecule has 0 atom stereocenters. The van der Waals surface area contributed by atoms with Crippen molar-refractivity contribution in [2.75, 3.05) is 0 Å². The van der Waals surface area contributed by atoms with Gasteiger partial charge in [-0.1, -0.05) is 30.3 Å². The van der Waals surface area contributed by atoms with E-state index in [1.807, 2.05) is 25.1 Å². The summed E-state index contributed by atoms with van der Waals surface area (Å²) in [5, 5.41) is 0. The molecular formula is C21H19F3N2. The minimum absolute atomic E-state index is 0.627. The number of alkyl halides is 3. The molecule has 0 fully saturated rings. The van der Waals surface area contributed by atoms with E-state index < -0.39 is 11.7 Å². The predicted molar refractivity (Wildman–Crippen MR) is 95.8 cm³/mol. The van der Waals surface area contributed by atoms with Gasteiger partial charge >= 0.3 is 6.18 Å². The highest BCUT2D eigenvalue weighted by Gasteiger charge is 2.30. The van der Waals surface area contributed by atoms with Crippen LogP contribution in [-0.2, 0) is 19.1 Å². The molecule has 26 heavy (non-hydrogen) atoms. The predicted octanol–water partition coefficient (Wildman–Crippen LogP) is 5.88. The second-order valence-electron chi connectivity index (χ2n) is 6.80. The molecule has 1 aromatic heterocycles. The maximum atomic E-state index is 12.7. The van der Waals surface area contributed by atoms with E-state index in [2.05, 4.69) is 10.8 Å². The topological polar surface area (TPSA) is 17.8 Å². The molecule has 0 saturated heterocycles. The first kappa shape index (κ1) is 16.9. The van der Waals surface area contributed by atoms with Crippen molar-refractivity contribution in [2.45, 2.75) is 38.9 Å². The van der Waals surface area contributed by atoms with Crippen molar-refractivity contribution in [1.82, 2.24) is 9.55 Å². The Morgan fingerprint density at radius 1 is 0.962 bits per heavy atom. The molecule has 134 valence electrons. The number of aryl methyl sites for hydroxylation is 3. The molecule has 0 aliphatic carbocycles. The van der Waals surface area contributed by atoms with E-state index in [4.69, 9.17) is 4.98 Å². The number of nitrogens with zero attached hydrogens (tertiary/aromatic N) is 2. The average molecular weight is 356 g/mol. The minimum atomic E-state index is -4.31. The quantitative estimate of drug-likeness (QED) is 0.560. The fourth-order valence-electron chi connectivity index (χ4n) is 3.52. The van der Waals surface area contributed by atoms with Gasteiger partial charge in [0.05, 0.1) is 11.3 Å². The summed E-state index contributed by atoms with van der Waals surface area (Å²) >= 11 is 0. The van der Waals surface area contributed by atoms with Crippen LogP contribution in [0.25, 0.3) is 22.4 Å². The van der Waals surface area contributed by atoms with Crippen LogP contribution < -0.4 is 0 Å². The molecular weight excluding hydrogens is 337 g/mol. The van der Waals surface area contributed by atoms with Gasteiger partial charge in [-0.15, -0.1) is 0 Å². The Kier molecular flexibility index (Phi) is 4.10. The second kappa shape index (κ2) is 6.31. The first-order chi connectivity index (χ1) is 12.4. The van der Waals surface area contributed by atoms with Crippen LogP contribution >= 0.6 is 0 Å². The van der Waals surface area contributed by atoms with Gasteiger partial charge in [-0.25, -0.2) is 4.98 Å². The van der Waals surface area contributed by atoms with Crippen LogP contribution in [0, 0.1) is 6.92 Å². The van der Waals surface area contributed by atoms with Crippen LogP contribution in [0.15, 0.2) is 48.7 Å². The summed E-state index contributed by atoms with van der Waals surface area (Å²) in [5.41, 5.74) is 4.16. The molecule has 5 heteroatoms. The van der Waals surface area contributed by atoms with E-state index in [0.29, 0.717) is 0 Å². The molecule has 4 rings (SSSR count). The standard InChI is InChI=1S/C21H19F3N2/c1-14-12-16(15-5-8-17(9-6-15)21(22,23)24)7-10-18(14)19-13-26-11-3-2-4-20(26)25-19/h5-10,12-13H,2-4,11H2,1H3. The Labute approximate surface area is 150 Å². The molecule has 0 unspecified atom stereocenters. The van der Waals surface area contributed by atoms with Crippen LogP contribution in [0.4, 0.5) is 13.2 Å². The van der Waals surface area contributed by atoms with Crippen molar-refractivity contribution in [1.29, 1.82) is 0 Å². The smallest absolute Gasteiger partial charge is 0.334 e. The highest BCUT2D eigenvalue weighted by Crippen LogP contribution is 2.33. The van der Waals surface area contributed by atoms with Crippen molar-refractivity contribution >= 4 is 0 Å². The average Bonchev–Trinajstić information content (AvgIpc) is 3.04. The summed E-state index contributed by atoms with van der Waals surface area (Å²) < 4.78 is 40.4. The molecule has 0 radical (unpaired) electrons. The zero-order chi connectivity index (χ0) is 18.3. The second-order valence-corrected chi connectivity index (χ2v) is 6.80. The van der Waals surface area contributed by atoms with Crippen molar-refractivity contribution < 1.29 is 13.2 Å². The van der Waals surface area contributed by atoms with Gasteiger partial charge in [-0.3, -0.25) is 0 Å². The van der Waals surface area contributed by atoms with Gasteiger partial charge < -0.3 is 4.57 Å². The highest BCUT2D eigenvalue weighted by atomic mass is 19.4. The number of fused-ring (bicyclic) bond motifs is 1. The zero-order valence-electron chi connectivity index (χ0n) is 14.5. The van der Waals surface area contributed by atoms with Gasteiger partial charge in [0.1, 0.15) is 5.82 Å². The number of imidazole rings is 1. The lowest BCUT2D eigenvalue weighted by atomic mass is 9.98. The number of hydrogen-bond acceptors (Lipinski definition) is 1. The Bertz CT molecular complexity index is 913. The van der Waals surface area contributed by atoms with Crippen LogP contribution in [0.2, 0.25) is 0 Å². The van der Waals surface area contributed by atoms with Crippen molar-refractivity contribution in [2.24, 2.45) is 0 Å². The molecule has 0 bridgehead atoms. The van der Waals surface area contributed by atoms with Crippen molar-refractivity contribution in [3.8, 4) is 22.4 Å². The van der Waals surface area contributed by atoms with Crippen LogP contribution in [-0.4, -0.2) is 9.55 Å². The van der Waals surface area contributed by atoms with Gasteiger partial charge in [0.2, 0.25) is 0 Å². The summed E-state index contributed by atoms with van der Waals surface area (Å²) in [7, 11) is 0. The van der Waals surface area contributed by atoms with E-state index in [1.54, 1.807) is 0 Å². The van der Waals surface area contributed by atoms with E-state index in [1.165, 1.54) is 25.0 Å². The third-order valence-corrected chi connectivity index (χ3v) is 4.96. The van der Waals surface area contributed by atoms with Crippen LogP contribution in [0.3, 0.4) is 0 Å². The fourth-order valence-corrected chi connectivity index (χ4v) is 3.52. The Morgan fingerprint density at radius 2 is 1.69 bits per heavy atom. The number of halogens is 3. The molecule has 1 aliphatic heterocycles. The number of rotatable bonds is 2. The molecule has 2 aromatic carbocycles. The largest absolute Gasteiger partial charge is 0.416 e. The third kappa shape index (κ3) is 3.14. The maximum absolute atomic E-state index is 12.7. The van der Waals surface area contributed by atoms with E-state index in [9.17, 15) is 13.2 Å². The first-order valence-electron chi connectivity index (χ1n) is 8.76. The lowest BCUT2D eigenvalue weighted by molar-refractivity contribution is -0.137. The van der Waals surface area contributed by atoms with Gasteiger partial charge in [0.25, 0.3) is 0 Å². The third-order valence-electron chi connectivity index (χ3n) is 4.96. The highest BCUT2D eigenvalue weighted by molar-refractivity contribution is 5.72. The van der Waals surface area contributed by atoms with E-state index in [-0.39, 0.29) is 0 Å². The van der Waals surface area contributed by atoms with Crippen LogP contribution in [0.5, 0.6) is 0 Å². The van der Waals surface area contributed by atoms with E-state index >= 15 is 0 Å². The maximum Gasteiger partial charge on any atom is 0.416 e. The first-order valence-corrected chi connectivity index (χ1v) is 8.76. The number of hydrogen-bond donors (Lipinski definition) is 0. The molecule has 0 spiro atoms. The lowest BCUT2D eigenvalue weighted by Crippen LogP contribution is -2.08. The Balaban J connectivity index is 1.65. The summed E-state index contributed by atoms with van der Waals surface area (Å²) in [5.74, 6) is 1.14. The van der Waals surface area contributed by atoms with Gasteiger partial charge in [-0.2, -0.15) is 13.2 Å². The van der Waals surface area contributed by atoms with Gasteiger partial charge in [0.15, 0.2) is 0 Å². The molecule has 2 nitrogen and oxygen atoms in total. The Hall–Kier alpha value is -2.56. The number of benzene rings is 2. The molecule has 1 aliphatic rings. The van der Waals surface area contributed by atoms with Gasteiger partial charge in [-0.05, 0) is 48.6 Å². The summed E-state index contributed by atoms with van der Waals surface area (Å²) in [4.78, 5) is 4.76. The molecule has 0 amide bonds. The fraction of sp³-hybridized carbons (Fsp3) is 0.286. The van der Waals surface area contributed by atoms with E-state index in [0.717, 1.165) is 58.9 Å². The van der Waals surface area contributed by atoms with Gasteiger partial charge in [0, 0.05) is 24.7 Å². The zero-order valence-corrected chi connectivity index (χ0v) is 14.5.